The third kappa shape index (κ3) is 4.01. The molecule has 150 valence electrons. The summed E-state index contributed by atoms with van der Waals surface area (Å²) in [5.41, 5.74) is 2.36. The van der Waals surface area contributed by atoms with Crippen LogP contribution >= 0.6 is 0 Å². The number of benzene rings is 1. The second-order valence-corrected chi connectivity index (χ2v) is 9.11. The summed E-state index contributed by atoms with van der Waals surface area (Å²) in [4.78, 5) is 11.7. The van der Waals surface area contributed by atoms with E-state index >= 15 is 0 Å². The zero-order valence-corrected chi connectivity index (χ0v) is 15.9. The van der Waals surface area contributed by atoms with E-state index in [0.717, 1.165) is 37.7 Å². The quantitative estimate of drug-likeness (QED) is 0.607. The smallest absolute Gasteiger partial charge is 0.457 e. The Labute approximate surface area is 157 Å². The van der Waals surface area contributed by atoms with Gasteiger partial charge < -0.3 is 4.74 Å². The third-order valence-corrected chi connectivity index (χ3v) is 6.76. The minimum absolute atomic E-state index is 0.0834. The normalized spacial score (nSPS) is 29.0. The van der Waals surface area contributed by atoms with Crippen molar-refractivity contribution < 1.29 is 31.3 Å². The average Bonchev–Trinajstić information content (AvgIpc) is 2.61. The number of carbonyl (C=O) groups is 1. The summed E-state index contributed by atoms with van der Waals surface area (Å²) in [6.45, 7) is 2.01. The fourth-order valence-electron chi connectivity index (χ4n) is 4.63. The fourth-order valence-corrected chi connectivity index (χ4v) is 4.89. The molecule has 4 atom stereocenters. The topological polar surface area (TPSA) is 80.7 Å². The van der Waals surface area contributed by atoms with Crippen molar-refractivity contribution in [2.24, 2.45) is 11.8 Å². The number of ether oxygens (including phenoxy) is 1. The first-order chi connectivity index (χ1) is 12.6. The number of hydrogen-bond donors (Lipinski definition) is 1. The van der Waals surface area contributed by atoms with Gasteiger partial charge in [0.05, 0.1) is 0 Å². The Morgan fingerprint density at radius 3 is 2.30 bits per heavy atom. The van der Waals surface area contributed by atoms with E-state index in [1.807, 2.05) is 19.1 Å². The molecule has 2 aliphatic carbocycles. The number of fused-ring (bicyclic) bond motifs is 1. The molecule has 4 unspecified atom stereocenters. The molecule has 0 saturated heterocycles. The lowest BCUT2D eigenvalue weighted by Crippen LogP contribution is -2.45. The molecule has 0 bridgehead atoms. The number of esters is 1. The van der Waals surface area contributed by atoms with Crippen LogP contribution in [0.5, 0.6) is 0 Å². The molecule has 8 heteroatoms. The minimum Gasteiger partial charge on any atom is -0.457 e. The van der Waals surface area contributed by atoms with Gasteiger partial charge in [0.1, 0.15) is 6.10 Å². The maximum Gasteiger partial charge on any atom is 0.465 e. The Balaban J connectivity index is 1.78. The van der Waals surface area contributed by atoms with Crippen LogP contribution in [0.15, 0.2) is 24.3 Å². The van der Waals surface area contributed by atoms with E-state index in [-0.39, 0.29) is 17.8 Å². The number of carbonyl (C=O) groups excluding carboxylic acids is 1. The van der Waals surface area contributed by atoms with Crippen LogP contribution in [0, 0.1) is 18.8 Å². The van der Waals surface area contributed by atoms with Gasteiger partial charge in [0.15, 0.2) is 0 Å². The zero-order valence-electron chi connectivity index (χ0n) is 15.1. The molecule has 2 saturated carbocycles. The molecular weight excluding hydrogens is 378 g/mol. The SMILES string of the molecule is Cc1ccc(C2CCCC3C(OC(=O)C(F)(F)S(=O)(=O)O)CCCC23)cc1. The molecule has 1 N–H and O–H groups in total. The average molecular weight is 402 g/mol. The first kappa shape index (κ1) is 20.2. The van der Waals surface area contributed by atoms with E-state index in [9.17, 15) is 22.0 Å². The van der Waals surface area contributed by atoms with Crippen molar-refractivity contribution in [3.05, 3.63) is 35.4 Å². The summed E-state index contributed by atoms with van der Waals surface area (Å²) in [5.74, 6) is -1.80. The van der Waals surface area contributed by atoms with Crippen LogP contribution in [0.3, 0.4) is 0 Å². The highest BCUT2D eigenvalue weighted by Gasteiger charge is 2.55. The van der Waals surface area contributed by atoms with Crippen LogP contribution in [-0.4, -0.2) is 30.3 Å². The van der Waals surface area contributed by atoms with Crippen molar-refractivity contribution in [2.75, 3.05) is 0 Å². The molecule has 2 fully saturated rings. The van der Waals surface area contributed by atoms with Crippen molar-refractivity contribution in [3.8, 4) is 0 Å². The summed E-state index contributed by atoms with van der Waals surface area (Å²) < 4.78 is 62.3. The largest absolute Gasteiger partial charge is 0.465 e. The number of hydrogen-bond acceptors (Lipinski definition) is 4. The molecule has 0 aromatic heterocycles. The van der Waals surface area contributed by atoms with Crippen LogP contribution in [-0.2, 0) is 19.6 Å². The lowest BCUT2D eigenvalue weighted by atomic mass is 9.62. The minimum atomic E-state index is -5.85. The van der Waals surface area contributed by atoms with E-state index < -0.39 is 27.4 Å². The Bertz CT molecular complexity index is 791. The van der Waals surface area contributed by atoms with Crippen LogP contribution in [0.25, 0.3) is 0 Å². The van der Waals surface area contributed by atoms with Crippen LogP contribution in [0.2, 0.25) is 0 Å². The summed E-state index contributed by atoms with van der Waals surface area (Å²) in [7, 11) is -5.85. The number of rotatable bonds is 4. The van der Waals surface area contributed by atoms with Crippen LogP contribution < -0.4 is 0 Å². The molecule has 0 spiro atoms. The lowest BCUT2D eigenvalue weighted by Gasteiger charge is -2.45. The van der Waals surface area contributed by atoms with Crippen molar-refractivity contribution in [2.45, 2.75) is 62.7 Å². The van der Waals surface area contributed by atoms with Gasteiger partial charge in [0, 0.05) is 0 Å². The van der Waals surface area contributed by atoms with Gasteiger partial charge in [0.2, 0.25) is 0 Å². The predicted octanol–water partition coefficient (Wildman–Crippen LogP) is 4.07. The van der Waals surface area contributed by atoms with Gasteiger partial charge in [-0.3, -0.25) is 4.55 Å². The van der Waals surface area contributed by atoms with E-state index in [1.165, 1.54) is 5.56 Å². The van der Waals surface area contributed by atoms with Crippen molar-refractivity contribution in [1.82, 2.24) is 0 Å². The molecule has 0 heterocycles. The maximum absolute atomic E-state index is 13.6. The van der Waals surface area contributed by atoms with Crippen LogP contribution in [0.1, 0.15) is 55.6 Å². The predicted molar refractivity (Wildman–Crippen MR) is 95.0 cm³/mol. The third-order valence-electron chi connectivity index (χ3n) is 5.95. The molecule has 1 aromatic rings. The molecule has 2 aliphatic rings. The Kier molecular flexibility index (Phi) is 5.59. The second-order valence-electron chi connectivity index (χ2n) is 7.64. The summed E-state index contributed by atoms with van der Waals surface area (Å²) in [6.07, 6.45) is 3.95. The van der Waals surface area contributed by atoms with Gasteiger partial charge in [-0.15, -0.1) is 0 Å². The second kappa shape index (κ2) is 7.47. The standard InChI is InChI=1S/C19H24F2O5S/c1-12-8-10-13(11-9-12)14-4-2-6-16-15(14)5-3-7-17(16)26-18(22)19(20,21)27(23,24)25/h8-11,14-17H,2-7H2,1H3,(H,23,24,25). The van der Waals surface area contributed by atoms with E-state index in [2.05, 4.69) is 12.1 Å². The number of aryl methyl sites for hydroxylation is 1. The van der Waals surface area contributed by atoms with Gasteiger partial charge in [-0.1, -0.05) is 36.2 Å². The Morgan fingerprint density at radius 1 is 1.07 bits per heavy atom. The highest BCUT2D eigenvalue weighted by molar-refractivity contribution is 7.87. The van der Waals surface area contributed by atoms with Gasteiger partial charge in [0.25, 0.3) is 0 Å². The first-order valence-corrected chi connectivity index (χ1v) is 10.7. The fraction of sp³-hybridized carbons (Fsp3) is 0.632. The zero-order chi connectivity index (χ0) is 19.8. The van der Waals surface area contributed by atoms with Crippen LogP contribution in [0.4, 0.5) is 8.78 Å². The molecule has 27 heavy (non-hydrogen) atoms. The van der Waals surface area contributed by atoms with E-state index in [0.29, 0.717) is 6.42 Å². The van der Waals surface area contributed by atoms with E-state index in [1.54, 1.807) is 0 Å². The summed E-state index contributed by atoms with van der Waals surface area (Å²) in [5, 5.41) is -4.94. The maximum atomic E-state index is 13.6. The van der Waals surface area contributed by atoms with Gasteiger partial charge in [-0.25, -0.2) is 4.79 Å². The monoisotopic (exact) mass is 402 g/mol. The molecule has 0 aliphatic heterocycles. The van der Waals surface area contributed by atoms with Gasteiger partial charge >= 0.3 is 21.3 Å². The van der Waals surface area contributed by atoms with Gasteiger partial charge in [-0.2, -0.15) is 17.2 Å². The van der Waals surface area contributed by atoms with E-state index in [4.69, 9.17) is 9.29 Å². The Morgan fingerprint density at radius 2 is 1.67 bits per heavy atom. The van der Waals surface area contributed by atoms with Crippen molar-refractivity contribution in [3.63, 3.8) is 0 Å². The Hall–Kier alpha value is -1.54. The molecule has 0 radical (unpaired) electrons. The lowest BCUT2D eigenvalue weighted by molar-refractivity contribution is -0.174. The van der Waals surface area contributed by atoms with Crippen molar-refractivity contribution in [1.29, 1.82) is 0 Å². The molecular formula is C19H24F2O5S. The molecule has 5 nitrogen and oxygen atoms in total. The summed E-state index contributed by atoms with van der Waals surface area (Å²) in [6, 6.07) is 8.27. The molecule has 1 aromatic carbocycles. The molecule has 0 amide bonds. The van der Waals surface area contributed by atoms with Crippen molar-refractivity contribution >= 4 is 16.1 Å². The summed E-state index contributed by atoms with van der Waals surface area (Å²) >= 11 is 0. The highest BCUT2D eigenvalue weighted by atomic mass is 32.2. The van der Waals surface area contributed by atoms with Gasteiger partial charge in [-0.05, 0) is 62.3 Å². The highest BCUT2D eigenvalue weighted by Crippen LogP contribution is 2.49. The first-order valence-electron chi connectivity index (χ1n) is 9.23. The molecule has 3 rings (SSSR count). The number of halogens is 2. The number of alkyl halides is 2.